The summed E-state index contributed by atoms with van der Waals surface area (Å²) in [5.41, 5.74) is 2.16. The number of carbonyl (C=O) groups is 1. The Morgan fingerprint density at radius 1 is 1.05 bits per heavy atom. The average Bonchev–Trinajstić information content (AvgIpc) is 3.04. The van der Waals surface area contributed by atoms with Gasteiger partial charge in [-0.25, -0.2) is 13.6 Å². The van der Waals surface area contributed by atoms with Crippen LogP contribution in [0.3, 0.4) is 0 Å². The standard InChI is InChI=1S/C33H39F2N5O3/c1-36-26-11-14-40(30(20-26)27-19-25(34)8-9-28(27)35)32(42)38-15-16-39(33(22-38)12-17-43-18-13-33)21-24-7-10-29(37-31(24)41)23-5-3-2-4-6-23/h2-10,19,26,30,36H,11-18,20-22H2,1H3,(H,37,41)/t26-,30+/m1/s1. The Balaban J connectivity index is 1.23. The monoisotopic (exact) mass is 591 g/mol. The van der Waals surface area contributed by atoms with E-state index < -0.39 is 17.7 Å². The van der Waals surface area contributed by atoms with Crippen LogP contribution in [0.4, 0.5) is 13.6 Å². The second-order valence-corrected chi connectivity index (χ2v) is 11.9. The number of piperidine rings is 1. The minimum absolute atomic E-state index is 0.0989. The number of rotatable bonds is 5. The van der Waals surface area contributed by atoms with Crippen molar-refractivity contribution in [2.75, 3.05) is 46.4 Å². The van der Waals surface area contributed by atoms with Crippen LogP contribution in [0, 0.1) is 11.6 Å². The first-order chi connectivity index (χ1) is 20.9. The van der Waals surface area contributed by atoms with Gasteiger partial charge in [-0.15, -0.1) is 0 Å². The first-order valence-electron chi connectivity index (χ1n) is 15.1. The minimum atomic E-state index is -0.570. The number of urea groups is 1. The van der Waals surface area contributed by atoms with Crippen LogP contribution in [0.5, 0.6) is 0 Å². The molecule has 2 N–H and O–H groups in total. The second-order valence-electron chi connectivity index (χ2n) is 11.9. The average molecular weight is 592 g/mol. The summed E-state index contributed by atoms with van der Waals surface area (Å²) in [6, 6.07) is 16.4. The van der Waals surface area contributed by atoms with Crippen LogP contribution in [0.2, 0.25) is 0 Å². The lowest BCUT2D eigenvalue weighted by Crippen LogP contribution is -2.66. The molecule has 228 valence electrons. The molecule has 0 bridgehead atoms. The Kier molecular flexibility index (Phi) is 8.61. The molecular formula is C33H39F2N5O3. The lowest BCUT2D eigenvalue weighted by Gasteiger charge is -2.53. The topological polar surface area (TPSA) is 80.9 Å². The SMILES string of the molecule is CN[C@@H]1CCN(C(=O)N2CCN(Cc3ccc(-c4ccccc4)[nH]c3=O)C3(CCOCC3)C2)[C@H](c2cc(F)ccc2F)C1. The number of nitrogens with one attached hydrogen (secondary N) is 2. The second kappa shape index (κ2) is 12.6. The number of nitrogens with zero attached hydrogens (tertiary/aromatic N) is 3. The number of piperazine rings is 1. The summed E-state index contributed by atoms with van der Waals surface area (Å²) < 4.78 is 34.9. The van der Waals surface area contributed by atoms with Gasteiger partial charge in [0.1, 0.15) is 11.6 Å². The lowest BCUT2D eigenvalue weighted by molar-refractivity contribution is -0.0711. The first-order valence-corrected chi connectivity index (χ1v) is 15.1. The van der Waals surface area contributed by atoms with Gasteiger partial charge < -0.3 is 24.8 Å². The number of aromatic amines is 1. The highest BCUT2D eigenvalue weighted by Crippen LogP contribution is 2.37. The van der Waals surface area contributed by atoms with Gasteiger partial charge in [-0.1, -0.05) is 36.4 Å². The number of hydrogen-bond acceptors (Lipinski definition) is 5. The normalized spacial score (nSPS) is 22.6. The summed E-state index contributed by atoms with van der Waals surface area (Å²) in [7, 11) is 1.86. The number of ether oxygens (including phenoxy) is 1. The summed E-state index contributed by atoms with van der Waals surface area (Å²) in [4.78, 5) is 36.3. The number of carbonyl (C=O) groups excluding carboxylic acids is 1. The Bertz CT molecular complexity index is 1490. The van der Waals surface area contributed by atoms with Crippen LogP contribution >= 0.6 is 0 Å². The molecule has 8 nitrogen and oxygen atoms in total. The molecule has 3 aromatic rings. The Hall–Kier alpha value is -3.60. The Morgan fingerprint density at radius 3 is 2.58 bits per heavy atom. The van der Waals surface area contributed by atoms with Crippen molar-refractivity contribution in [3.8, 4) is 11.3 Å². The molecule has 3 aliphatic rings. The maximum Gasteiger partial charge on any atom is 0.320 e. The molecule has 0 aliphatic carbocycles. The molecule has 3 fully saturated rings. The fourth-order valence-electron chi connectivity index (χ4n) is 6.97. The van der Waals surface area contributed by atoms with E-state index >= 15 is 0 Å². The van der Waals surface area contributed by atoms with Gasteiger partial charge in [-0.2, -0.15) is 0 Å². The van der Waals surface area contributed by atoms with Gasteiger partial charge in [0.05, 0.1) is 6.04 Å². The van der Waals surface area contributed by atoms with Crippen molar-refractivity contribution in [3.05, 3.63) is 93.8 Å². The molecule has 0 saturated carbocycles. The largest absolute Gasteiger partial charge is 0.381 e. The fourth-order valence-corrected chi connectivity index (χ4v) is 6.97. The molecule has 2 aromatic carbocycles. The van der Waals surface area contributed by atoms with Crippen molar-refractivity contribution in [1.29, 1.82) is 0 Å². The molecule has 0 radical (unpaired) electrons. The van der Waals surface area contributed by atoms with Gasteiger partial charge in [0.25, 0.3) is 5.56 Å². The maximum absolute atomic E-state index is 15.0. The van der Waals surface area contributed by atoms with E-state index in [4.69, 9.17) is 4.74 Å². The molecule has 43 heavy (non-hydrogen) atoms. The predicted octanol–water partition coefficient (Wildman–Crippen LogP) is 4.53. The number of hydrogen-bond donors (Lipinski definition) is 2. The van der Waals surface area contributed by atoms with Crippen LogP contribution in [-0.2, 0) is 11.3 Å². The van der Waals surface area contributed by atoms with E-state index in [9.17, 15) is 18.4 Å². The van der Waals surface area contributed by atoms with Gasteiger partial charge in [0, 0.05) is 74.3 Å². The van der Waals surface area contributed by atoms with Crippen molar-refractivity contribution in [3.63, 3.8) is 0 Å². The fraction of sp³-hybridized carbons (Fsp3) is 0.455. The van der Waals surface area contributed by atoms with Crippen molar-refractivity contribution in [2.24, 2.45) is 0 Å². The zero-order chi connectivity index (χ0) is 30.0. The highest BCUT2D eigenvalue weighted by atomic mass is 19.1. The zero-order valence-electron chi connectivity index (χ0n) is 24.5. The van der Waals surface area contributed by atoms with Crippen LogP contribution < -0.4 is 10.9 Å². The van der Waals surface area contributed by atoms with E-state index in [0.717, 1.165) is 42.7 Å². The Morgan fingerprint density at radius 2 is 1.84 bits per heavy atom. The predicted molar refractivity (Wildman–Crippen MR) is 161 cm³/mol. The summed E-state index contributed by atoms with van der Waals surface area (Å²) in [6.45, 7) is 3.63. The molecular weight excluding hydrogens is 552 g/mol. The summed E-state index contributed by atoms with van der Waals surface area (Å²) in [5.74, 6) is -1.02. The molecule has 2 atom stereocenters. The number of H-pyrrole nitrogens is 1. The molecule has 4 heterocycles. The van der Waals surface area contributed by atoms with E-state index in [1.54, 1.807) is 4.90 Å². The van der Waals surface area contributed by atoms with Gasteiger partial charge in [0.15, 0.2) is 0 Å². The van der Waals surface area contributed by atoms with Gasteiger partial charge in [-0.3, -0.25) is 9.69 Å². The van der Waals surface area contributed by atoms with E-state index in [1.807, 2.05) is 54.4 Å². The molecule has 1 aromatic heterocycles. The quantitative estimate of drug-likeness (QED) is 0.456. The highest BCUT2D eigenvalue weighted by molar-refractivity contribution is 5.75. The van der Waals surface area contributed by atoms with E-state index in [1.165, 1.54) is 6.07 Å². The number of pyridine rings is 1. The molecule has 10 heteroatoms. The smallest absolute Gasteiger partial charge is 0.320 e. The van der Waals surface area contributed by atoms with E-state index in [0.29, 0.717) is 57.9 Å². The molecule has 6 rings (SSSR count). The van der Waals surface area contributed by atoms with Crippen molar-refractivity contribution in [1.82, 2.24) is 25.0 Å². The Labute approximate surface area is 250 Å². The summed E-state index contributed by atoms with van der Waals surface area (Å²) >= 11 is 0. The van der Waals surface area contributed by atoms with Crippen LogP contribution in [0.25, 0.3) is 11.3 Å². The third-order valence-electron chi connectivity index (χ3n) is 9.50. The maximum atomic E-state index is 15.0. The first kappa shape index (κ1) is 29.5. The van der Waals surface area contributed by atoms with Crippen LogP contribution in [0.15, 0.2) is 65.5 Å². The van der Waals surface area contributed by atoms with Crippen LogP contribution in [-0.4, -0.2) is 83.7 Å². The van der Waals surface area contributed by atoms with Crippen molar-refractivity contribution < 1.29 is 18.3 Å². The number of aromatic nitrogens is 1. The number of benzene rings is 2. The number of likely N-dealkylation sites (tertiary alicyclic amines) is 1. The summed E-state index contributed by atoms with van der Waals surface area (Å²) in [5, 5.41) is 3.25. The van der Waals surface area contributed by atoms with Crippen LogP contribution in [0.1, 0.15) is 42.9 Å². The molecule has 2 amide bonds. The van der Waals surface area contributed by atoms with Gasteiger partial charge in [-0.05, 0) is 62.6 Å². The minimum Gasteiger partial charge on any atom is -0.381 e. The molecule has 0 unspecified atom stereocenters. The lowest BCUT2D eigenvalue weighted by atomic mass is 9.85. The van der Waals surface area contributed by atoms with Gasteiger partial charge >= 0.3 is 6.03 Å². The molecule has 1 spiro atoms. The van der Waals surface area contributed by atoms with Crippen molar-refractivity contribution >= 4 is 6.03 Å². The highest BCUT2D eigenvalue weighted by Gasteiger charge is 2.46. The molecule has 3 aliphatic heterocycles. The van der Waals surface area contributed by atoms with Gasteiger partial charge in [0.2, 0.25) is 0 Å². The number of amides is 2. The third-order valence-corrected chi connectivity index (χ3v) is 9.50. The van der Waals surface area contributed by atoms with E-state index in [2.05, 4.69) is 15.2 Å². The third kappa shape index (κ3) is 6.09. The van der Waals surface area contributed by atoms with E-state index in [-0.39, 0.29) is 28.7 Å². The zero-order valence-corrected chi connectivity index (χ0v) is 24.5. The number of halogens is 2. The summed E-state index contributed by atoms with van der Waals surface area (Å²) in [6.07, 6.45) is 2.71. The molecule has 3 saturated heterocycles. The van der Waals surface area contributed by atoms with Crippen molar-refractivity contribution in [2.45, 2.75) is 49.9 Å².